The van der Waals surface area contributed by atoms with Crippen molar-refractivity contribution < 1.29 is 4.79 Å². The van der Waals surface area contributed by atoms with Crippen molar-refractivity contribution in [3.05, 3.63) is 22.4 Å². The number of likely N-dealkylation sites (tertiary alicyclic amines) is 1. The summed E-state index contributed by atoms with van der Waals surface area (Å²) in [7, 11) is 4.18. The molecule has 2 rings (SSSR count). The molecule has 1 aromatic rings. The molecule has 1 aliphatic heterocycles. The number of rotatable bonds is 5. The number of amides is 2. The van der Waals surface area contributed by atoms with Gasteiger partial charge in [0.05, 0.1) is 0 Å². The van der Waals surface area contributed by atoms with Crippen molar-refractivity contribution in [3.63, 3.8) is 0 Å². The van der Waals surface area contributed by atoms with Gasteiger partial charge in [-0.15, -0.1) is 11.3 Å². The van der Waals surface area contributed by atoms with E-state index in [2.05, 4.69) is 48.7 Å². The Morgan fingerprint density at radius 3 is 3.05 bits per heavy atom. The molecule has 0 spiro atoms. The molecule has 1 N–H and O–H groups in total. The summed E-state index contributed by atoms with van der Waals surface area (Å²) in [5.41, 5.74) is 0. The maximum absolute atomic E-state index is 12.3. The minimum atomic E-state index is 0.0968. The van der Waals surface area contributed by atoms with Crippen molar-refractivity contribution in [1.82, 2.24) is 15.1 Å². The lowest BCUT2D eigenvalue weighted by Gasteiger charge is -2.36. The van der Waals surface area contributed by atoms with Crippen LogP contribution in [0.1, 0.15) is 24.6 Å². The number of nitrogens with one attached hydrogen (secondary N) is 1. The second-order valence-corrected chi connectivity index (χ2v) is 7.31. The van der Waals surface area contributed by atoms with Crippen LogP contribution >= 0.6 is 11.3 Å². The highest BCUT2D eigenvalue weighted by Crippen LogP contribution is 2.15. The average molecular weight is 309 g/mol. The quantitative estimate of drug-likeness (QED) is 0.907. The zero-order chi connectivity index (χ0) is 15.2. The number of piperidine rings is 1. The molecule has 0 unspecified atom stereocenters. The number of hydrogen-bond acceptors (Lipinski definition) is 3. The van der Waals surface area contributed by atoms with E-state index in [9.17, 15) is 4.79 Å². The van der Waals surface area contributed by atoms with Gasteiger partial charge in [-0.2, -0.15) is 0 Å². The first kappa shape index (κ1) is 16.3. The summed E-state index contributed by atoms with van der Waals surface area (Å²) in [5.74, 6) is 0.474. The Bertz CT molecular complexity index is 433. The number of likely N-dealkylation sites (N-methyl/N-ethyl adjacent to an activating group) is 1. The van der Waals surface area contributed by atoms with Crippen LogP contribution in [0.4, 0.5) is 4.79 Å². The Balaban J connectivity index is 1.73. The standard InChI is InChI=1S/C16H27N3OS/c1-13(10-15-7-5-9-21-15)11-17-16(20)19-8-4-6-14(12-19)18(2)3/h5,7,9,13-14H,4,6,8,10-12H2,1-3H3,(H,17,20)/t13-,14+/m1/s1. The van der Waals surface area contributed by atoms with E-state index in [4.69, 9.17) is 0 Å². The van der Waals surface area contributed by atoms with E-state index in [0.29, 0.717) is 12.0 Å². The average Bonchev–Trinajstić information content (AvgIpc) is 2.97. The lowest BCUT2D eigenvalue weighted by Crippen LogP contribution is -2.51. The molecule has 2 amide bonds. The van der Waals surface area contributed by atoms with Crippen LogP contribution in [0, 0.1) is 5.92 Å². The monoisotopic (exact) mass is 309 g/mol. The lowest BCUT2D eigenvalue weighted by atomic mass is 10.1. The van der Waals surface area contributed by atoms with E-state index >= 15 is 0 Å². The normalized spacial score (nSPS) is 20.6. The van der Waals surface area contributed by atoms with Crippen LogP contribution in [0.15, 0.2) is 17.5 Å². The van der Waals surface area contributed by atoms with Crippen molar-refractivity contribution in [2.45, 2.75) is 32.2 Å². The van der Waals surface area contributed by atoms with Crippen molar-refractivity contribution in [3.8, 4) is 0 Å². The summed E-state index contributed by atoms with van der Waals surface area (Å²) in [6.45, 7) is 4.67. The fourth-order valence-electron chi connectivity index (χ4n) is 2.78. The molecular weight excluding hydrogens is 282 g/mol. The third kappa shape index (κ3) is 5.00. The fourth-order valence-corrected chi connectivity index (χ4v) is 3.65. The van der Waals surface area contributed by atoms with Gasteiger partial charge in [0, 0.05) is 30.6 Å². The number of hydrogen-bond donors (Lipinski definition) is 1. The molecule has 0 bridgehead atoms. The molecule has 2 atom stereocenters. The second-order valence-electron chi connectivity index (χ2n) is 6.28. The van der Waals surface area contributed by atoms with Crippen LogP contribution in [0.25, 0.3) is 0 Å². The molecule has 1 fully saturated rings. The molecule has 118 valence electrons. The Kier molecular flexibility index (Phi) is 6.06. The molecule has 1 aliphatic rings. The van der Waals surface area contributed by atoms with Gasteiger partial charge in [-0.1, -0.05) is 13.0 Å². The van der Waals surface area contributed by atoms with E-state index in [1.54, 1.807) is 11.3 Å². The molecule has 1 saturated heterocycles. The van der Waals surface area contributed by atoms with Crippen LogP contribution in [0.5, 0.6) is 0 Å². The first-order chi connectivity index (χ1) is 10.1. The maximum Gasteiger partial charge on any atom is 0.317 e. The third-order valence-electron chi connectivity index (χ3n) is 4.15. The van der Waals surface area contributed by atoms with Crippen molar-refractivity contribution in [2.24, 2.45) is 5.92 Å². The molecular formula is C16H27N3OS. The highest BCUT2D eigenvalue weighted by molar-refractivity contribution is 7.09. The number of thiophene rings is 1. The van der Waals surface area contributed by atoms with Crippen LogP contribution in [0.2, 0.25) is 0 Å². The molecule has 0 radical (unpaired) electrons. The Hall–Kier alpha value is -1.07. The van der Waals surface area contributed by atoms with E-state index in [1.165, 1.54) is 11.3 Å². The summed E-state index contributed by atoms with van der Waals surface area (Å²) in [6.07, 6.45) is 3.32. The van der Waals surface area contributed by atoms with Crippen LogP contribution in [-0.2, 0) is 6.42 Å². The molecule has 0 aromatic carbocycles. The van der Waals surface area contributed by atoms with Gasteiger partial charge in [0.25, 0.3) is 0 Å². The van der Waals surface area contributed by atoms with Crippen LogP contribution in [-0.4, -0.2) is 55.6 Å². The summed E-state index contributed by atoms with van der Waals surface area (Å²) >= 11 is 1.79. The number of urea groups is 1. The van der Waals surface area contributed by atoms with Crippen molar-refractivity contribution in [1.29, 1.82) is 0 Å². The summed E-state index contributed by atoms with van der Waals surface area (Å²) in [6, 6.07) is 4.84. The minimum absolute atomic E-state index is 0.0968. The molecule has 0 saturated carbocycles. The topological polar surface area (TPSA) is 35.6 Å². The third-order valence-corrected chi connectivity index (χ3v) is 5.04. The highest BCUT2D eigenvalue weighted by atomic mass is 32.1. The Morgan fingerprint density at radius 2 is 2.38 bits per heavy atom. The maximum atomic E-state index is 12.3. The first-order valence-electron chi connectivity index (χ1n) is 7.78. The zero-order valence-corrected chi connectivity index (χ0v) is 14.2. The second kappa shape index (κ2) is 7.80. The van der Waals surface area contributed by atoms with E-state index in [1.807, 2.05) is 4.90 Å². The van der Waals surface area contributed by atoms with Crippen molar-refractivity contribution in [2.75, 3.05) is 33.7 Å². The van der Waals surface area contributed by atoms with Gasteiger partial charge in [-0.05, 0) is 50.7 Å². The first-order valence-corrected chi connectivity index (χ1v) is 8.66. The molecule has 4 nitrogen and oxygen atoms in total. The number of carbonyl (C=O) groups is 1. The van der Waals surface area contributed by atoms with Crippen LogP contribution < -0.4 is 5.32 Å². The highest BCUT2D eigenvalue weighted by Gasteiger charge is 2.24. The van der Waals surface area contributed by atoms with Gasteiger partial charge in [-0.3, -0.25) is 0 Å². The van der Waals surface area contributed by atoms with Gasteiger partial charge < -0.3 is 15.1 Å². The summed E-state index contributed by atoms with van der Waals surface area (Å²) in [4.78, 5) is 17.8. The summed E-state index contributed by atoms with van der Waals surface area (Å²) in [5, 5.41) is 5.20. The lowest BCUT2D eigenvalue weighted by molar-refractivity contribution is 0.139. The number of carbonyl (C=O) groups excluding carboxylic acids is 1. The minimum Gasteiger partial charge on any atom is -0.338 e. The molecule has 1 aromatic heterocycles. The molecule has 5 heteroatoms. The predicted molar refractivity (Wildman–Crippen MR) is 88.9 cm³/mol. The molecule has 2 heterocycles. The zero-order valence-electron chi connectivity index (χ0n) is 13.3. The van der Waals surface area contributed by atoms with Crippen molar-refractivity contribution >= 4 is 17.4 Å². The van der Waals surface area contributed by atoms with Gasteiger partial charge >= 0.3 is 6.03 Å². The summed E-state index contributed by atoms with van der Waals surface area (Å²) < 4.78 is 0. The Morgan fingerprint density at radius 1 is 1.57 bits per heavy atom. The smallest absolute Gasteiger partial charge is 0.317 e. The van der Waals surface area contributed by atoms with E-state index in [0.717, 1.165) is 32.5 Å². The predicted octanol–water partition coefficient (Wildman–Crippen LogP) is 2.66. The van der Waals surface area contributed by atoms with Gasteiger partial charge in [-0.25, -0.2) is 4.79 Å². The van der Waals surface area contributed by atoms with Gasteiger partial charge in [0.2, 0.25) is 0 Å². The van der Waals surface area contributed by atoms with Gasteiger partial charge in [0.15, 0.2) is 0 Å². The fraction of sp³-hybridized carbons (Fsp3) is 0.688. The molecule has 0 aliphatic carbocycles. The van der Waals surface area contributed by atoms with E-state index in [-0.39, 0.29) is 6.03 Å². The largest absolute Gasteiger partial charge is 0.338 e. The van der Waals surface area contributed by atoms with E-state index < -0.39 is 0 Å². The van der Waals surface area contributed by atoms with Gasteiger partial charge in [0.1, 0.15) is 0 Å². The molecule has 21 heavy (non-hydrogen) atoms. The Labute approximate surface area is 132 Å². The SMILES string of the molecule is C[C@@H](CNC(=O)N1CCC[C@H](N(C)C)C1)Cc1cccs1. The number of nitrogens with zero attached hydrogens (tertiary/aromatic N) is 2. The van der Waals surface area contributed by atoms with Crippen LogP contribution in [0.3, 0.4) is 0 Å².